The molecule has 0 heterocycles. The number of nitrogens with zero attached hydrogens (tertiary/aromatic N) is 1. The van der Waals surface area contributed by atoms with Crippen molar-refractivity contribution in [3.05, 3.63) is 29.8 Å². The van der Waals surface area contributed by atoms with Crippen LogP contribution < -0.4 is 0 Å². The van der Waals surface area contributed by atoms with Gasteiger partial charge in [-0.25, -0.2) is 0 Å². The Labute approximate surface area is 124 Å². The molecule has 0 saturated carbocycles. The molecular weight excluding hydrogens is 270 g/mol. The minimum Gasteiger partial charge on any atom is -0.480 e. The minimum atomic E-state index is -1.19. The Morgan fingerprint density at radius 2 is 2.00 bits per heavy atom. The topological polar surface area (TPSA) is 87.0 Å². The molecule has 1 atom stereocenters. The van der Waals surface area contributed by atoms with Crippen molar-refractivity contribution in [2.75, 3.05) is 0 Å². The van der Waals surface area contributed by atoms with Crippen molar-refractivity contribution in [1.82, 2.24) is 0 Å². The molecule has 1 aromatic carbocycles. The highest BCUT2D eigenvalue weighted by Crippen LogP contribution is 2.19. The fraction of sp³-hybridized carbons (Fsp3) is 0.438. The van der Waals surface area contributed by atoms with Crippen molar-refractivity contribution >= 4 is 23.2 Å². The zero-order chi connectivity index (χ0) is 15.8. The number of Topliss-reactive ketones (excluding diaryl/α,β-unsaturated/α-hetero) is 1. The lowest BCUT2D eigenvalue weighted by Gasteiger charge is -2.13. The largest absolute Gasteiger partial charge is 0.480 e. The number of hydrogen-bond donors (Lipinski definition) is 2. The first-order valence-electron chi connectivity index (χ1n) is 7.06. The molecule has 0 saturated heterocycles. The molecular formula is C16H21NO4. The van der Waals surface area contributed by atoms with Crippen molar-refractivity contribution in [2.24, 2.45) is 10.9 Å². The van der Waals surface area contributed by atoms with Crippen LogP contribution in [-0.4, -0.2) is 27.7 Å². The summed E-state index contributed by atoms with van der Waals surface area (Å²) in [4.78, 5) is 27.7. The summed E-state index contributed by atoms with van der Waals surface area (Å²) < 4.78 is 0. The number of ketones is 1. The molecule has 0 bridgehead atoms. The fourth-order valence-electron chi connectivity index (χ4n) is 2.09. The first kappa shape index (κ1) is 17.0. The number of carboxylic acid groups (broad SMARTS) is 1. The average molecular weight is 291 g/mol. The van der Waals surface area contributed by atoms with Gasteiger partial charge in [-0.3, -0.25) is 14.6 Å². The van der Waals surface area contributed by atoms with Gasteiger partial charge in [-0.1, -0.05) is 26.0 Å². The SMILES string of the molecule is CCCC(=O)C(C(=O)O)C(CC)=Nc1cccc(CO)c1. The van der Waals surface area contributed by atoms with E-state index in [-0.39, 0.29) is 18.8 Å². The molecule has 0 amide bonds. The highest BCUT2D eigenvalue weighted by Gasteiger charge is 2.29. The van der Waals surface area contributed by atoms with Crippen LogP contribution in [0.1, 0.15) is 38.7 Å². The molecule has 1 aromatic rings. The number of aliphatic hydroxyl groups is 1. The van der Waals surface area contributed by atoms with E-state index in [4.69, 9.17) is 5.11 Å². The Hall–Kier alpha value is -2.01. The summed E-state index contributed by atoms with van der Waals surface area (Å²) in [6.07, 6.45) is 1.22. The van der Waals surface area contributed by atoms with Crippen LogP contribution in [0.25, 0.3) is 0 Å². The van der Waals surface area contributed by atoms with E-state index < -0.39 is 11.9 Å². The maximum atomic E-state index is 12.0. The third-order valence-electron chi connectivity index (χ3n) is 3.13. The summed E-state index contributed by atoms with van der Waals surface area (Å²) in [5.74, 6) is -2.66. The molecule has 5 heteroatoms. The molecule has 114 valence electrons. The molecule has 0 aliphatic carbocycles. The normalized spacial score (nSPS) is 13.0. The smallest absolute Gasteiger partial charge is 0.319 e. The van der Waals surface area contributed by atoms with Gasteiger partial charge in [-0.15, -0.1) is 0 Å². The molecule has 0 aromatic heterocycles. The van der Waals surface area contributed by atoms with E-state index in [1.807, 2.05) is 6.92 Å². The monoisotopic (exact) mass is 291 g/mol. The Bertz CT molecular complexity index is 537. The fourth-order valence-corrected chi connectivity index (χ4v) is 2.09. The third-order valence-corrected chi connectivity index (χ3v) is 3.13. The third kappa shape index (κ3) is 4.79. The summed E-state index contributed by atoms with van der Waals surface area (Å²) in [5, 5.41) is 18.4. The first-order chi connectivity index (χ1) is 10.0. The number of hydrogen-bond acceptors (Lipinski definition) is 4. The number of benzene rings is 1. The van der Waals surface area contributed by atoms with Crippen molar-refractivity contribution in [1.29, 1.82) is 0 Å². The van der Waals surface area contributed by atoms with E-state index in [1.54, 1.807) is 31.2 Å². The predicted octanol–water partition coefficient (Wildman–Crippen LogP) is 2.73. The second-order valence-electron chi connectivity index (χ2n) is 4.77. The number of carboxylic acids is 1. The second kappa shape index (κ2) is 8.32. The van der Waals surface area contributed by atoms with Crippen molar-refractivity contribution in [2.45, 2.75) is 39.7 Å². The number of carbonyl (C=O) groups is 2. The van der Waals surface area contributed by atoms with Crippen LogP contribution in [0, 0.1) is 5.92 Å². The van der Waals surface area contributed by atoms with Gasteiger partial charge in [0.2, 0.25) is 0 Å². The van der Waals surface area contributed by atoms with Crippen LogP contribution in [0.15, 0.2) is 29.3 Å². The summed E-state index contributed by atoms with van der Waals surface area (Å²) in [7, 11) is 0. The van der Waals surface area contributed by atoms with Crippen LogP contribution in [-0.2, 0) is 16.2 Å². The van der Waals surface area contributed by atoms with Crippen LogP contribution in [0.4, 0.5) is 5.69 Å². The summed E-state index contributed by atoms with van der Waals surface area (Å²) in [6.45, 7) is 3.51. The molecule has 0 radical (unpaired) electrons. The van der Waals surface area contributed by atoms with Crippen LogP contribution in [0.5, 0.6) is 0 Å². The van der Waals surface area contributed by atoms with Gasteiger partial charge in [0.05, 0.1) is 12.3 Å². The predicted molar refractivity (Wildman–Crippen MR) is 80.8 cm³/mol. The molecule has 0 fully saturated rings. The van der Waals surface area contributed by atoms with Gasteiger partial charge >= 0.3 is 5.97 Å². The molecule has 0 aliphatic heterocycles. The standard InChI is InChI=1S/C16H21NO4/c1-3-6-14(19)15(16(20)21)13(4-2)17-12-8-5-7-11(9-12)10-18/h5,7-9,15,18H,3-4,6,10H2,1-2H3,(H,20,21). The van der Waals surface area contributed by atoms with Crippen molar-refractivity contribution in [3.8, 4) is 0 Å². The summed E-state index contributed by atoms with van der Waals surface area (Å²) >= 11 is 0. The van der Waals surface area contributed by atoms with E-state index in [0.717, 1.165) is 0 Å². The van der Waals surface area contributed by atoms with Gasteiger partial charge in [0.25, 0.3) is 0 Å². The number of rotatable bonds is 8. The lowest BCUT2D eigenvalue weighted by molar-refractivity contribution is -0.143. The quantitative estimate of drug-likeness (QED) is 0.569. The molecule has 21 heavy (non-hydrogen) atoms. The van der Waals surface area contributed by atoms with Crippen LogP contribution in [0.2, 0.25) is 0 Å². The van der Waals surface area contributed by atoms with Crippen molar-refractivity contribution in [3.63, 3.8) is 0 Å². The molecule has 1 unspecified atom stereocenters. The zero-order valence-corrected chi connectivity index (χ0v) is 12.4. The lowest BCUT2D eigenvalue weighted by Crippen LogP contribution is -2.31. The number of aliphatic hydroxyl groups excluding tert-OH is 1. The van der Waals surface area contributed by atoms with Gasteiger partial charge < -0.3 is 10.2 Å². The van der Waals surface area contributed by atoms with Crippen molar-refractivity contribution < 1.29 is 19.8 Å². The summed E-state index contributed by atoms with van der Waals surface area (Å²) in [6, 6.07) is 6.89. The van der Waals surface area contributed by atoms with E-state index in [1.165, 1.54) is 0 Å². The highest BCUT2D eigenvalue weighted by atomic mass is 16.4. The second-order valence-corrected chi connectivity index (χ2v) is 4.77. The van der Waals surface area contributed by atoms with E-state index in [2.05, 4.69) is 4.99 Å². The van der Waals surface area contributed by atoms with Gasteiger partial charge in [0, 0.05) is 12.1 Å². The van der Waals surface area contributed by atoms with Crippen LogP contribution in [0.3, 0.4) is 0 Å². The van der Waals surface area contributed by atoms with Gasteiger partial charge in [0.15, 0.2) is 11.7 Å². The average Bonchev–Trinajstić information content (AvgIpc) is 2.46. The minimum absolute atomic E-state index is 0.109. The Morgan fingerprint density at radius 3 is 2.52 bits per heavy atom. The number of carbonyl (C=O) groups excluding carboxylic acids is 1. The number of aliphatic carboxylic acids is 1. The zero-order valence-electron chi connectivity index (χ0n) is 12.4. The highest BCUT2D eigenvalue weighted by molar-refractivity contribution is 6.19. The molecule has 0 aliphatic rings. The molecule has 1 rings (SSSR count). The van der Waals surface area contributed by atoms with E-state index in [0.29, 0.717) is 29.8 Å². The maximum Gasteiger partial charge on any atom is 0.319 e. The van der Waals surface area contributed by atoms with E-state index in [9.17, 15) is 14.7 Å². The molecule has 5 nitrogen and oxygen atoms in total. The van der Waals surface area contributed by atoms with Crippen LogP contribution >= 0.6 is 0 Å². The number of aliphatic imine (C=N–C) groups is 1. The maximum absolute atomic E-state index is 12.0. The lowest BCUT2D eigenvalue weighted by atomic mass is 9.93. The van der Waals surface area contributed by atoms with Gasteiger partial charge in [-0.2, -0.15) is 0 Å². The molecule has 0 spiro atoms. The van der Waals surface area contributed by atoms with Gasteiger partial charge in [0.1, 0.15) is 0 Å². The molecule has 2 N–H and O–H groups in total. The Balaban J connectivity index is 3.14. The Kier molecular flexibility index (Phi) is 6.75. The summed E-state index contributed by atoms with van der Waals surface area (Å²) in [5.41, 5.74) is 1.59. The van der Waals surface area contributed by atoms with E-state index >= 15 is 0 Å². The Morgan fingerprint density at radius 1 is 1.29 bits per heavy atom. The van der Waals surface area contributed by atoms with Gasteiger partial charge in [-0.05, 0) is 30.5 Å². The first-order valence-corrected chi connectivity index (χ1v) is 7.06.